The van der Waals surface area contributed by atoms with E-state index >= 15 is 0 Å². The molecule has 0 aliphatic carbocycles. The number of nitrogens with zero attached hydrogens (tertiary/aromatic N) is 1. The molecule has 21 heavy (non-hydrogen) atoms. The average Bonchev–Trinajstić information content (AvgIpc) is 2.42. The Kier molecular flexibility index (Phi) is 6.68. The van der Waals surface area contributed by atoms with Crippen LogP contribution < -0.4 is 5.73 Å². The fourth-order valence-electron chi connectivity index (χ4n) is 2.55. The molecule has 120 valence electrons. The van der Waals surface area contributed by atoms with E-state index in [1.165, 1.54) is 0 Å². The van der Waals surface area contributed by atoms with Gasteiger partial charge in [-0.3, -0.25) is 0 Å². The zero-order valence-electron chi connectivity index (χ0n) is 12.3. The molecule has 1 aliphatic rings. The maximum absolute atomic E-state index is 12.7. The summed E-state index contributed by atoms with van der Waals surface area (Å²) in [4.78, 5) is 0.364. The third-order valence-electron chi connectivity index (χ3n) is 3.93. The van der Waals surface area contributed by atoms with Crippen LogP contribution in [0.2, 0.25) is 0 Å². The van der Waals surface area contributed by atoms with Crippen LogP contribution in [0.4, 0.5) is 0 Å². The van der Waals surface area contributed by atoms with Gasteiger partial charge in [-0.15, -0.1) is 12.4 Å². The molecule has 2 atom stereocenters. The normalized spacial score (nSPS) is 21.6. The number of nitrogens with two attached hydrogens (primary N) is 1. The Balaban J connectivity index is 0.00000220. The smallest absolute Gasteiger partial charge is 0.243 e. The fraction of sp³-hybridized carbons (Fsp3) is 0.571. The summed E-state index contributed by atoms with van der Waals surface area (Å²) < 4.78 is 27.9. The molecule has 2 unspecified atom stereocenters. The van der Waals surface area contributed by atoms with Crippen LogP contribution in [-0.2, 0) is 10.0 Å². The second-order valence-corrected chi connectivity index (χ2v) is 8.33. The van der Waals surface area contributed by atoms with Crippen molar-refractivity contribution in [3.05, 3.63) is 28.2 Å². The van der Waals surface area contributed by atoms with Crippen molar-refractivity contribution < 1.29 is 8.42 Å². The maximum atomic E-state index is 12.7. The van der Waals surface area contributed by atoms with Crippen molar-refractivity contribution in [1.82, 2.24) is 4.31 Å². The van der Waals surface area contributed by atoms with E-state index in [1.807, 2.05) is 13.8 Å². The van der Waals surface area contributed by atoms with Gasteiger partial charge < -0.3 is 5.73 Å². The zero-order valence-corrected chi connectivity index (χ0v) is 15.5. The van der Waals surface area contributed by atoms with Gasteiger partial charge in [0.05, 0.1) is 4.90 Å². The topological polar surface area (TPSA) is 63.4 Å². The van der Waals surface area contributed by atoms with Crippen molar-refractivity contribution in [3.8, 4) is 0 Å². The van der Waals surface area contributed by atoms with Crippen molar-refractivity contribution in [1.29, 1.82) is 0 Å². The molecule has 1 fully saturated rings. The van der Waals surface area contributed by atoms with Gasteiger partial charge in [0.15, 0.2) is 0 Å². The lowest BCUT2D eigenvalue weighted by Crippen LogP contribution is -2.44. The Bertz CT molecular complexity index is 593. The van der Waals surface area contributed by atoms with E-state index in [2.05, 4.69) is 15.9 Å². The Labute approximate surface area is 141 Å². The lowest BCUT2D eigenvalue weighted by atomic mass is 9.93. The first-order chi connectivity index (χ1) is 9.32. The van der Waals surface area contributed by atoms with Crippen LogP contribution in [0.5, 0.6) is 0 Å². The molecule has 0 bridgehead atoms. The molecule has 1 aromatic rings. The predicted molar refractivity (Wildman–Crippen MR) is 91.3 cm³/mol. The highest BCUT2D eigenvalue weighted by Gasteiger charge is 2.31. The molecule has 1 aromatic carbocycles. The molecule has 0 amide bonds. The molecule has 0 spiro atoms. The third kappa shape index (κ3) is 4.20. The lowest BCUT2D eigenvalue weighted by molar-refractivity contribution is 0.243. The van der Waals surface area contributed by atoms with Gasteiger partial charge in [0.2, 0.25) is 10.0 Å². The van der Waals surface area contributed by atoms with Crippen molar-refractivity contribution in [2.24, 2.45) is 11.7 Å². The highest BCUT2D eigenvalue weighted by atomic mass is 79.9. The summed E-state index contributed by atoms with van der Waals surface area (Å²) in [5.74, 6) is 0.245. The van der Waals surface area contributed by atoms with Gasteiger partial charge >= 0.3 is 0 Å². The predicted octanol–water partition coefficient (Wildman–Crippen LogP) is 2.93. The minimum atomic E-state index is -3.41. The molecule has 4 nitrogen and oxygen atoms in total. The van der Waals surface area contributed by atoms with E-state index in [0.717, 1.165) is 22.9 Å². The van der Waals surface area contributed by atoms with Gasteiger partial charge in [-0.05, 0) is 56.4 Å². The first kappa shape index (κ1) is 18.9. The molecule has 1 saturated heterocycles. The lowest BCUT2D eigenvalue weighted by Gasteiger charge is -2.33. The summed E-state index contributed by atoms with van der Waals surface area (Å²) in [7, 11) is -3.41. The number of hydrogen-bond donors (Lipinski definition) is 1. The van der Waals surface area contributed by atoms with Gasteiger partial charge in [-0.1, -0.05) is 15.9 Å². The highest BCUT2D eigenvalue weighted by molar-refractivity contribution is 9.10. The molecule has 2 rings (SSSR count). The molecule has 0 saturated carbocycles. The number of rotatable bonds is 3. The monoisotopic (exact) mass is 396 g/mol. The number of sulfonamides is 1. The van der Waals surface area contributed by atoms with Gasteiger partial charge in [0.25, 0.3) is 0 Å². The third-order valence-corrected chi connectivity index (χ3v) is 6.68. The van der Waals surface area contributed by atoms with Gasteiger partial charge in [0, 0.05) is 23.6 Å². The van der Waals surface area contributed by atoms with Crippen LogP contribution >= 0.6 is 28.3 Å². The van der Waals surface area contributed by atoms with Crippen molar-refractivity contribution in [2.75, 3.05) is 13.1 Å². The number of halogens is 2. The highest BCUT2D eigenvalue weighted by Crippen LogP contribution is 2.27. The molecule has 7 heteroatoms. The molecule has 2 N–H and O–H groups in total. The van der Waals surface area contributed by atoms with E-state index < -0.39 is 10.0 Å². The van der Waals surface area contributed by atoms with E-state index in [1.54, 1.807) is 22.5 Å². The summed E-state index contributed by atoms with van der Waals surface area (Å²) >= 11 is 3.40. The van der Waals surface area contributed by atoms with E-state index in [-0.39, 0.29) is 24.4 Å². The number of aryl methyl sites for hydroxylation is 1. The second-order valence-electron chi connectivity index (χ2n) is 5.54. The summed E-state index contributed by atoms with van der Waals surface area (Å²) in [6.07, 6.45) is 1.88. The number of piperidine rings is 1. The summed E-state index contributed by atoms with van der Waals surface area (Å²) in [6, 6.07) is 5.19. The van der Waals surface area contributed by atoms with Gasteiger partial charge in [-0.25, -0.2) is 8.42 Å². The molecular formula is C14H22BrClN2O2S. The van der Waals surface area contributed by atoms with Crippen molar-refractivity contribution >= 4 is 38.4 Å². The molecular weight excluding hydrogens is 376 g/mol. The van der Waals surface area contributed by atoms with Crippen molar-refractivity contribution in [3.63, 3.8) is 0 Å². The largest absolute Gasteiger partial charge is 0.328 e. The molecule has 1 heterocycles. The Morgan fingerprint density at radius 2 is 2.10 bits per heavy atom. The van der Waals surface area contributed by atoms with Crippen molar-refractivity contribution in [2.45, 2.75) is 37.6 Å². The standard InChI is InChI=1S/C14H21BrN2O2S.ClH/c1-10-8-13(5-6-14(10)15)20(18,19)17-7-3-4-12(9-17)11(2)16;/h5-6,8,11-12H,3-4,7,9,16H2,1-2H3;1H. The van der Waals surface area contributed by atoms with E-state index in [0.29, 0.717) is 18.0 Å². The SMILES string of the molecule is Cc1cc(S(=O)(=O)N2CCCC(C(C)N)C2)ccc1Br.Cl. The van der Waals surface area contributed by atoms with Gasteiger partial charge in [0.1, 0.15) is 0 Å². The minimum absolute atomic E-state index is 0. The van der Waals surface area contributed by atoms with Gasteiger partial charge in [-0.2, -0.15) is 4.31 Å². The van der Waals surface area contributed by atoms with Crippen LogP contribution in [0.15, 0.2) is 27.6 Å². The Morgan fingerprint density at radius 1 is 1.43 bits per heavy atom. The summed E-state index contributed by atoms with van der Waals surface area (Å²) in [6.45, 7) is 4.95. The number of hydrogen-bond acceptors (Lipinski definition) is 3. The van der Waals surface area contributed by atoms with Crippen LogP contribution in [0.25, 0.3) is 0 Å². The maximum Gasteiger partial charge on any atom is 0.243 e. The molecule has 0 aromatic heterocycles. The van der Waals surface area contributed by atoms with E-state index in [9.17, 15) is 8.42 Å². The van der Waals surface area contributed by atoms with E-state index in [4.69, 9.17) is 5.73 Å². The summed E-state index contributed by atoms with van der Waals surface area (Å²) in [5, 5.41) is 0. The van der Waals surface area contributed by atoms with Crippen LogP contribution in [0.3, 0.4) is 0 Å². The quantitative estimate of drug-likeness (QED) is 0.853. The Hall–Kier alpha value is -0.140. The summed E-state index contributed by atoms with van der Waals surface area (Å²) in [5.41, 5.74) is 6.85. The number of benzene rings is 1. The minimum Gasteiger partial charge on any atom is -0.328 e. The second kappa shape index (κ2) is 7.42. The Morgan fingerprint density at radius 3 is 2.67 bits per heavy atom. The first-order valence-corrected chi connectivity index (χ1v) is 9.07. The average molecular weight is 398 g/mol. The zero-order chi connectivity index (χ0) is 14.9. The van der Waals surface area contributed by atoms with Crippen LogP contribution in [0.1, 0.15) is 25.3 Å². The molecule has 1 aliphatic heterocycles. The first-order valence-electron chi connectivity index (χ1n) is 6.84. The fourth-order valence-corrected chi connectivity index (χ4v) is 4.42. The van der Waals surface area contributed by atoms with Crippen LogP contribution in [-0.4, -0.2) is 31.9 Å². The van der Waals surface area contributed by atoms with Crippen LogP contribution in [0, 0.1) is 12.8 Å². The molecule has 0 radical (unpaired) electrons.